The summed E-state index contributed by atoms with van der Waals surface area (Å²) in [5, 5.41) is -0.807. The third-order valence-corrected chi connectivity index (χ3v) is 4.70. The molecular weight excluding hydrogens is 399 g/mol. The van der Waals surface area contributed by atoms with Crippen LogP contribution in [0.3, 0.4) is 0 Å². The van der Waals surface area contributed by atoms with Gasteiger partial charge < -0.3 is 4.74 Å². The molecule has 0 bridgehead atoms. The van der Waals surface area contributed by atoms with E-state index >= 15 is 0 Å². The standard InChI is InChI=1S/C24H19F5O/c1-3-5-12-30-18-11-10-16-13-17(22(27)24(29)19(16)23(18)28)21(26)20(25)15-8-6-14(4-2)7-9-15/h3,5-11,13H,4,12H2,1-2H3. The summed E-state index contributed by atoms with van der Waals surface area (Å²) in [6, 6.07) is 9.31. The second kappa shape index (κ2) is 9.11. The average Bonchev–Trinajstić information content (AvgIpc) is 2.76. The highest BCUT2D eigenvalue weighted by molar-refractivity contribution is 5.91. The van der Waals surface area contributed by atoms with Crippen molar-refractivity contribution in [2.24, 2.45) is 0 Å². The Morgan fingerprint density at radius 3 is 2.23 bits per heavy atom. The summed E-state index contributed by atoms with van der Waals surface area (Å²) < 4.78 is 78.3. The summed E-state index contributed by atoms with van der Waals surface area (Å²) in [5.41, 5.74) is -0.111. The summed E-state index contributed by atoms with van der Waals surface area (Å²) in [5.74, 6) is -7.57. The Bertz CT molecular complexity index is 1130. The van der Waals surface area contributed by atoms with Gasteiger partial charge in [0.25, 0.3) is 0 Å². The van der Waals surface area contributed by atoms with Gasteiger partial charge in [-0.2, -0.15) is 0 Å². The Hall–Kier alpha value is -3.15. The van der Waals surface area contributed by atoms with Gasteiger partial charge in [0.05, 0.1) is 10.9 Å². The predicted molar refractivity (Wildman–Crippen MR) is 109 cm³/mol. The lowest BCUT2D eigenvalue weighted by Crippen LogP contribution is -2.00. The molecule has 0 amide bonds. The summed E-state index contributed by atoms with van der Waals surface area (Å²) in [7, 11) is 0. The highest BCUT2D eigenvalue weighted by Crippen LogP contribution is 2.36. The van der Waals surface area contributed by atoms with Crippen LogP contribution in [0.25, 0.3) is 22.4 Å². The Balaban J connectivity index is 2.10. The fourth-order valence-electron chi connectivity index (χ4n) is 3.00. The molecule has 0 aromatic heterocycles. The van der Waals surface area contributed by atoms with Gasteiger partial charge in [0.1, 0.15) is 6.61 Å². The van der Waals surface area contributed by atoms with Crippen LogP contribution in [0.4, 0.5) is 22.0 Å². The van der Waals surface area contributed by atoms with Gasteiger partial charge in [-0.25, -0.2) is 22.0 Å². The smallest absolute Gasteiger partial charge is 0.175 e. The molecule has 0 aliphatic heterocycles. The largest absolute Gasteiger partial charge is 0.486 e. The van der Waals surface area contributed by atoms with Crippen LogP contribution in [-0.2, 0) is 6.42 Å². The second-order valence-electron chi connectivity index (χ2n) is 6.59. The van der Waals surface area contributed by atoms with Crippen LogP contribution in [0, 0.1) is 17.5 Å². The first kappa shape index (κ1) is 21.6. The lowest BCUT2D eigenvalue weighted by molar-refractivity contribution is 0.342. The fourth-order valence-corrected chi connectivity index (χ4v) is 3.00. The van der Waals surface area contributed by atoms with E-state index in [-0.39, 0.29) is 23.3 Å². The second-order valence-corrected chi connectivity index (χ2v) is 6.59. The first-order chi connectivity index (χ1) is 14.4. The van der Waals surface area contributed by atoms with Gasteiger partial charge in [0.15, 0.2) is 34.9 Å². The monoisotopic (exact) mass is 418 g/mol. The van der Waals surface area contributed by atoms with Crippen molar-refractivity contribution in [3.8, 4) is 5.75 Å². The fraction of sp³-hybridized carbons (Fsp3) is 0.167. The molecule has 0 radical (unpaired) electrons. The number of allylic oxidation sites excluding steroid dienone is 1. The van der Waals surface area contributed by atoms with Crippen molar-refractivity contribution < 1.29 is 26.7 Å². The zero-order chi connectivity index (χ0) is 21.8. The van der Waals surface area contributed by atoms with E-state index in [2.05, 4.69) is 0 Å². The van der Waals surface area contributed by atoms with Crippen molar-refractivity contribution in [2.45, 2.75) is 20.3 Å². The van der Waals surface area contributed by atoms with Crippen molar-refractivity contribution in [1.29, 1.82) is 0 Å². The van der Waals surface area contributed by atoms with Gasteiger partial charge in [-0.15, -0.1) is 0 Å². The van der Waals surface area contributed by atoms with Crippen LogP contribution in [0.1, 0.15) is 30.5 Å². The molecule has 0 fully saturated rings. The highest BCUT2D eigenvalue weighted by Gasteiger charge is 2.23. The first-order valence-electron chi connectivity index (χ1n) is 9.38. The Kier molecular flexibility index (Phi) is 6.55. The molecule has 0 saturated heterocycles. The van der Waals surface area contributed by atoms with E-state index in [0.717, 1.165) is 11.6 Å². The van der Waals surface area contributed by atoms with Gasteiger partial charge >= 0.3 is 0 Å². The molecule has 0 aliphatic rings. The number of rotatable bonds is 6. The van der Waals surface area contributed by atoms with Crippen molar-refractivity contribution in [3.63, 3.8) is 0 Å². The molecule has 3 rings (SSSR count). The molecule has 0 atom stereocenters. The summed E-state index contributed by atoms with van der Waals surface area (Å²) in [6.45, 7) is 3.70. The lowest BCUT2D eigenvalue weighted by Gasteiger charge is -2.11. The molecule has 0 aliphatic carbocycles. The summed E-state index contributed by atoms with van der Waals surface area (Å²) in [6.07, 6.45) is 4.01. The molecule has 0 N–H and O–H groups in total. The van der Waals surface area contributed by atoms with Crippen molar-refractivity contribution in [2.75, 3.05) is 6.61 Å². The van der Waals surface area contributed by atoms with Crippen LogP contribution in [0.5, 0.6) is 5.75 Å². The molecule has 0 heterocycles. The SMILES string of the molecule is CC=CCOc1ccc2cc(C(F)=C(F)c3ccc(CC)cc3)c(F)c(F)c2c1F. The Morgan fingerprint density at radius 2 is 1.60 bits per heavy atom. The maximum atomic E-state index is 14.7. The number of hydrogen-bond acceptors (Lipinski definition) is 1. The minimum atomic E-state index is -1.68. The zero-order valence-electron chi connectivity index (χ0n) is 16.4. The normalized spacial score (nSPS) is 12.5. The quantitative estimate of drug-likeness (QED) is 0.228. The van der Waals surface area contributed by atoms with E-state index < -0.39 is 40.1 Å². The number of halogens is 5. The number of fused-ring (bicyclic) bond motifs is 1. The molecule has 3 aromatic rings. The van der Waals surface area contributed by atoms with E-state index in [1.165, 1.54) is 24.3 Å². The third-order valence-electron chi connectivity index (χ3n) is 4.70. The van der Waals surface area contributed by atoms with Crippen LogP contribution in [-0.4, -0.2) is 6.61 Å². The van der Waals surface area contributed by atoms with Crippen LogP contribution >= 0.6 is 0 Å². The molecule has 156 valence electrons. The number of hydrogen-bond donors (Lipinski definition) is 0. The van der Waals surface area contributed by atoms with Gasteiger partial charge in [-0.3, -0.25) is 0 Å². The molecule has 30 heavy (non-hydrogen) atoms. The number of aryl methyl sites for hydroxylation is 1. The molecule has 3 aromatic carbocycles. The molecule has 1 nitrogen and oxygen atoms in total. The van der Waals surface area contributed by atoms with Crippen LogP contribution < -0.4 is 4.74 Å². The molecule has 0 saturated carbocycles. The zero-order valence-corrected chi connectivity index (χ0v) is 16.4. The topological polar surface area (TPSA) is 9.23 Å². The van der Waals surface area contributed by atoms with E-state index in [1.807, 2.05) is 6.92 Å². The van der Waals surface area contributed by atoms with Crippen LogP contribution in [0.15, 0.2) is 54.6 Å². The van der Waals surface area contributed by atoms with Crippen molar-refractivity contribution in [3.05, 3.63) is 88.8 Å². The van der Waals surface area contributed by atoms with E-state index in [4.69, 9.17) is 4.74 Å². The summed E-state index contributed by atoms with van der Waals surface area (Å²) in [4.78, 5) is 0. The Morgan fingerprint density at radius 1 is 0.900 bits per heavy atom. The molecule has 0 unspecified atom stereocenters. The van der Waals surface area contributed by atoms with Gasteiger partial charge in [-0.1, -0.05) is 49.4 Å². The summed E-state index contributed by atoms with van der Waals surface area (Å²) >= 11 is 0. The average molecular weight is 418 g/mol. The molecular formula is C24H19F5O. The van der Waals surface area contributed by atoms with E-state index in [0.29, 0.717) is 6.42 Å². The highest BCUT2D eigenvalue weighted by atomic mass is 19.2. The minimum absolute atomic E-state index is 0.0422. The van der Waals surface area contributed by atoms with Crippen LogP contribution in [0.2, 0.25) is 0 Å². The number of benzene rings is 3. The lowest BCUT2D eigenvalue weighted by atomic mass is 10.0. The number of ether oxygens (including phenoxy) is 1. The van der Waals surface area contributed by atoms with Crippen molar-refractivity contribution in [1.82, 2.24) is 0 Å². The predicted octanol–water partition coefficient (Wildman–Crippen LogP) is 7.54. The first-order valence-corrected chi connectivity index (χ1v) is 9.38. The van der Waals surface area contributed by atoms with Gasteiger partial charge in [0, 0.05) is 5.56 Å². The minimum Gasteiger partial charge on any atom is -0.486 e. The third kappa shape index (κ3) is 4.08. The van der Waals surface area contributed by atoms with Gasteiger partial charge in [0.2, 0.25) is 0 Å². The molecule has 0 spiro atoms. The van der Waals surface area contributed by atoms with E-state index in [1.54, 1.807) is 31.2 Å². The van der Waals surface area contributed by atoms with E-state index in [9.17, 15) is 22.0 Å². The van der Waals surface area contributed by atoms with Gasteiger partial charge in [-0.05, 0) is 36.4 Å². The van der Waals surface area contributed by atoms with Crippen molar-refractivity contribution >= 4 is 22.4 Å². The maximum Gasteiger partial charge on any atom is 0.175 e. The maximum absolute atomic E-state index is 14.7. The Labute approximate surface area is 171 Å². The molecule has 6 heteroatoms.